The highest BCUT2D eigenvalue weighted by molar-refractivity contribution is 5.28. The number of hydrogen-bond donors (Lipinski definition) is 1. The Morgan fingerprint density at radius 3 is 3.00 bits per heavy atom. The molecule has 0 spiro atoms. The maximum Gasteiger partial charge on any atom is 0.123 e. The van der Waals surface area contributed by atoms with E-state index >= 15 is 0 Å². The number of benzene rings is 1. The molecule has 1 heterocycles. The highest BCUT2D eigenvalue weighted by atomic mass is 19.1. The largest absolute Gasteiger partial charge is 0.501 e. The van der Waals surface area contributed by atoms with E-state index in [9.17, 15) is 4.39 Å². The molecular formula is C14H18FNO. The van der Waals surface area contributed by atoms with Gasteiger partial charge in [0.25, 0.3) is 0 Å². The minimum Gasteiger partial charge on any atom is -0.501 e. The summed E-state index contributed by atoms with van der Waals surface area (Å²) in [7, 11) is 0. The Morgan fingerprint density at radius 1 is 1.47 bits per heavy atom. The van der Waals surface area contributed by atoms with E-state index in [0.29, 0.717) is 0 Å². The van der Waals surface area contributed by atoms with Gasteiger partial charge in [0.1, 0.15) is 5.82 Å². The van der Waals surface area contributed by atoms with Gasteiger partial charge in [0.2, 0.25) is 0 Å². The van der Waals surface area contributed by atoms with Gasteiger partial charge in [-0.15, -0.1) is 0 Å². The van der Waals surface area contributed by atoms with Crippen LogP contribution in [0.15, 0.2) is 36.1 Å². The molecule has 0 fully saturated rings. The van der Waals surface area contributed by atoms with Gasteiger partial charge in [-0.2, -0.15) is 0 Å². The summed E-state index contributed by atoms with van der Waals surface area (Å²) in [5, 5.41) is 3.38. The lowest BCUT2D eigenvalue weighted by atomic mass is 9.95. The molecule has 92 valence electrons. The van der Waals surface area contributed by atoms with E-state index < -0.39 is 0 Å². The number of hydrogen-bond acceptors (Lipinski definition) is 2. The zero-order valence-electron chi connectivity index (χ0n) is 10.1. The predicted octanol–water partition coefficient (Wildman–Crippen LogP) is 3.17. The van der Waals surface area contributed by atoms with Crippen molar-refractivity contribution in [1.29, 1.82) is 0 Å². The van der Waals surface area contributed by atoms with Crippen LogP contribution in [-0.4, -0.2) is 13.2 Å². The summed E-state index contributed by atoms with van der Waals surface area (Å²) < 4.78 is 18.6. The number of halogens is 1. The zero-order valence-corrected chi connectivity index (χ0v) is 10.1. The molecule has 1 atom stereocenters. The van der Waals surface area contributed by atoms with Crippen LogP contribution in [0.3, 0.4) is 0 Å². The summed E-state index contributed by atoms with van der Waals surface area (Å²) in [6.45, 7) is 3.68. The van der Waals surface area contributed by atoms with Crippen LogP contribution >= 0.6 is 0 Å². The fraction of sp³-hybridized carbons (Fsp3) is 0.429. The van der Waals surface area contributed by atoms with Crippen LogP contribution in [0.5, 0.6) is 0 Å². The molecule has 17 heavy (non-hydrogen) atoms. The molecule has 2 nitrogen and oxygen atoms in total. The molecule has 1 aliphatic rings. The second-order valence-electron chi connectivity index (χ2n) is 4.21. The van der Waals surface area contributed by atoms with Gasteiger partial charge in [0, 0.05) is 0 Å². The standard InChI is InChI=1S/C14H18FNO/c1-2-16-14(12-6-4-8-17-10-12)11-5-3-7-13(15)9-11/h3,5,7,9-10,14,16H,2,4,6,8H2,1H3. The van der Waals surface area contributed by atoms with Crippen LogP contribution in [-0.2, 0) is 4.74 Å². The van der Waals surface area contributed by atoms with Gasteiger partial charge in [-0.3, -0.25) is 0 Å². The zero-order chi connectivity index (χ0) is 12.1. The van der Waals surface area contributed by atoms with E-state index in [4.69, 9.17) is 4.74 Å². The molecule has 1 unspecified atom stereocenters. The lowest BCUT2D eigenvalue weighted by Crippen LogP contribution is -2.24. The van der Waals surface area contributed by atoms with E-state index in [1.54, 1.807) is 12.1 Å². The van der Waals surface area contributed by atoms with Gasteiger partial charge in [-0.05, 0) is 42.7 Å². The van der Waals surface area contributed by atoms with Crippen molar-refractivity contribution in [3.63, 3.8) is 0 Å². The van der Waals surface area contributed by atoms with Gasteiger partial charge in [0.05, 0.1) is 18.9 Å². The Hall–Kier alpha value is -1.35. The summed E-state index contributed by atoms with van der Waals surface area (Å²) in [5.41, 5.74) is 2.16. The van der Waals surface area contributed by atoms with Gasteiger partial charge < -0.3 is 10.1 Å². The lowest BCUT2D eigenvalue weighted by molar-refractivity contribution is 0.219. The molecule has 1 N–H and O–H groups in total. The summed E-state index contributed by atoms with van der Waals surface area (Å²) in [5.74, 6) is -0.192. The van der Waals surface area contributed by atoms with Crippen LogP contribution in [0, 0.1) is 5.82 Å². The van der Waals surface area contributed by atoms with E-state index in [0.717, 1.165) is 31.6 Å². The summed E-state index contributed by atoms with van der Waals surface area (Å²) in [6.07, 6.45) is 3.86. The first-order chi connectivity index (χ1) is 8.31. The molecule has 3 heteroatoms. The van der Waals surface area contributed by atoms with Crippen molar-refractivity contribution in [2.45, 2.75) is 25.8 Å². The van der Waals surface area contributed by atoms with Crippen molar-refractivity contribution in [1.82, 2.24) is 5.32 Å². The molecular weight excluding hydrogens is 217 g/mol. The van der Waals surface area contributed by atoms with Crippen molar-refractivity contribution in [3.8, 4) is 0 Å². The second kappa shape index (κ2) is 5.82. The SMILES string of the molecule is CCNC(C1=COCCC1)c1cccc(F)c1. The third-order valence-electron chi connectivity index (χ3n) is 2.92. The first-order valence-electron chi connectivity index (χ1n) is 6.10. The Balaban J connectivity index is 2.24. The van der Waals surface area contributed by atoms with Gasteiger partial charge >= 0.3 is 0 Å². The van der Waals surface area contributed by atoms with Crippen LogP contribution in [0.1, 0.15) is 31.4 Å². The Bertz CT molecular complexity index is 403. The molecule has 1 aromatic rings. The minimum atomic E-state index is -0.192. The maximum absolute atomic E-state index is 13.3. The molecule has 0 bridgehead atoms. The van der Waals surface area contributed by atoms with E-state index in [-0.39, 0.29) is 11.9 Å². The summed E-state index contributed by atoms with van der Waals surface area (Å²) in [6, 6.07) is 6.82. The van der Waals surface area contributed by atoms with Crippen molar-refractivity contribution < 1.29 is 9.13 Å². The summed E-state index contributed by atoms with van der Waals surface area (Å²) >= 11 is 0. The molecule has 1 aromatic carbocycles. The highest BCUT2D eigenvalue weighted by Crippen LogP contribution is 2.27. The Kier molecular flexibility index (Phi) is 4.15. The fourth-order valence-electron chi connectivity index (χ4n) is 2.15. The maximum atomic E-state index is 13.3. The van der Waals surface area contributed by atoms with Crippen molar-refractivity contribution in [2.24, 2.45) is 0 Å². The average Bonchev–Trinajstić information content (AvgIpc) is 2.37. The number of nitrogens with one attached hydrogen (secondary N) is 1. The van der Waals surface area contributed by atoms with Crippen molar-refractivity contribution in [3.05, 3.63) is 47.5 Å². The van der Waals surface area contributed by atoms with Crippen LogP contribution in [0.2, 0.25) is 0 Å². The smallest absolute Gasteiger partial charge is 0.123 e. The van der Waals surface area contributed by atoms with Crippen LogP contribution in [0.25, 0.3) is 0 Å². The third kappa shape index (κ3) is 3.07. The first-order valence-corrected chi connectivity index (χ1v) is 6.10. The average molecular weight is 235 g/mol. The monoisotopic (exact) mass is 235 g/mol. The molecule has 0 aromatic heterocycles. The number of ether oxygens (including phenoxy) is 1. The molecule has 0 saturated heterocycles. The number of rotatable bonds is 4. The quantitative estimate of drug-likeness (QED) is 0.865. The summed E-state index contributed by atoms with van der Waals surface area (Å²) in [4.78, 5) is 0. The molecule has 0 saturated carbocycles. The molecule has 2 rings (SSSR count). The van der Waals surface area contributed by atoms with Crippen molar-refractivity contribution >= 4 is 0 Å². The molecule has 0 amide bonds. The Morgan fingerprint density at radius 2 is 2.35 bits per heavy atom. The van der Waals surface area contributed by atoms with Gasteiger partial charge in [0.15, 0.2) is 0 Å². The second-order valence-corrected chi connectivity index (χ2v) is 4.21. The fourth-order valence-corrected chi connectivity index (χ4v) is 2.15. The van der Waals surface area contributed by atoms with Crippen LogP contribution in [0.4, 0.5) is 4.39 Å². The minimum absolute atomic E-state index is 0.0657. The third-order valence-corrected chi connectivity index (χ3v) is 2.92. The normalized spacial score (nSPS) is 17.2. The predicted molar refractivity (Wildman–Crippen MR) is 66.1 cm³/mol. The van der Waals surface area contributed by atoms with E-state index in [1.807, 2.05) is 12.3 Å². The topological polar surface area (TPSA) is 21.3 Å². The molecule has 0 aliphatic carbocycles. The van der Waals surface area contributed by atoms with Gasteiger partial charge in [-0.25, -0.2) is 4.39 Å². The first kappa shape index (κ1) is 12.1. The lowest BCUT2D eigenvalue weighted by Gasteiger charge is -2.24. The number of likely N-dealkylation sites (N-methyl/N-ethyl adjacent to an activating group) is 1. The van der Waals surface area contributed by atoms with E-state index in [2.05, 4.69) is 12.2 Å². The molecule has 0 radical (unpaired) electrons. The van der Waals surface area contributed by atoms with Crippen molar-refractivity contribution in [2.75, 3.05) is 13.2 Å². The van der Waals surface area contributed by atoms with Crippen LogP contribution < -0.4 is 5.32 Å². The van der Waals surface area contributed by atoms with E-state index in [1.165, 1.54) is 11.6 Å². The highest BCUT2D eigenvalue weighted by Gasteiger charge is 2.18. The van der Waals surface area contributed by atoms with Gasteiger partial charge in [-0.1, -0.05) is 19.1 Å². The molecule has 1 aliphatic heterocycles. The Labute approximate surface area is 101 Å².